The summed E-state index contributed by atoms with van der Waals surface area (Å²) in [7, 11) is -4.09. The molecular formula is C31H33N11O6S3. The van der Waals surface area contributed by atoms with Crippen molar-refractivity contribution in [3.63, 3.8) is 0 Å². The van der Waals surface area contributed by atoms with Crippen LogP contribution in [0.3, 0.4) is 0 Å². The lowest BCUT2D eigenvalue weighted by Gasteiger charge is -2.21. The van der Waals surface area contributed by atoms with Gasteiger partial charge in [-0.2, -0.15) is 16.8 Å². The summed E-state index contributed by atoms with van der Waals surface area (Å²) >= 11 is 1.26. The van der Waals surface area contributed by atoms with E-state index in [1.165, 1.54) is 77.4 Å². The molecule has 0 saturated carbocycles. The Balaban J connectivity index is 0.000000156. The highest BCUT2D eigenvalue weighted by atomic mass is 32.2. The number of rotatable bonds is 12. The minimum atomic E-state index is -3.79. The lowest BCUT2D eigenvalue weighted by molar-refractivity contribution is 0.414. The first-order valence-corrected chi connectivity index (χ1v) is 18.5. The number of thiazole rings is 1. The third kappa shape index (κ3) is 9.59. The smallest absolute Gasteiger partial charge is 0.335 e. The number of hydrogen-bond donors (Lipinski definition) is 2. The van der Waals surface area contributed by atoms with Crippen LogP contribution in [-0.4, -0.2) is 72.9 Å². The number of H-pyrrole nitrogens is 1. The molecule has 0 aliphatic rings. The maximum atomic E-state index is 12.8. The van der Waals surface area contributed by atoms with Crippen LogP contribution in [0.5, 0.6) is 11.5 Å². The summed E-state index contributed by atoms with van der Waals surface area (Å²) in [4.78, 5) is 22.3. The van der Waals surface area contributed by atoms with Crippen molar-refractivity contribution in [2.75, 3.05) is 23.8 Å². The molecule has 0 unspecified atom stereocenters. The van der Waals surface area contributed by atoms with Crippen LogP contribution in [0.1, 0.15) is 11.1 Å². The van der Waals surface area contributed by atoms with Gasteiger partial charge < -0.3 is 19.8 Å². The zero-order chi connectivity index (χ0) is 36.1. The summed E-state index contributed by atoms with van der Waals surface area (Å²) in [6.45, 7) is 0.912. The van der Waals surface area contributed by atoms with E-state index in [0.29, 0.717) is 10.9 Å². The first kappa shape index (κ1) is 36.3. The summed E-state index contributed by atoms with van der Waals surface area (Å²) in [5, 5.41) is 5.30. The minimum absolute atomic E-state index is 0.165. The van der Waals surface area contributed by atoms with Gasteiger partial charge >= 0.3 is 20.4 Å². The number of aromatic amines is 1. The van der Waals surface area contributed by atoms with E-state index in [1.54, 1.807) is 50.3 Å². The predicted molar refractivity (Wildman–Crippen MR) is 191 cm³/mol. The molecule has 0 radical (unpaired) electrons. The van der Waals surface area contributed by atoms with E-state index < -0.39 is 20.4 Å². The Kier molecular flexibility index (Phi) is 12.2. The fraction of sp³-hybridized carbons (Fsp3) is 0.129. The van der Waals surface area contributed by atoms with Crippen LogP contribution < -0.4 is 19.1 Å². The van der Waals surface area contributed by atoms with Gasteiger partial charge in [-0.15, -0.1) is 11.3 Å². The normalized spacial score (nSPS) is 11.0. The van der Waals surface area contributed by atoms with Crippen molar-refractivity contribution in [1.82, 2.24) is 41.8 Å². The van der Waals surface area contributed by atoms with Crippen molar-refractivity contribution >= 4 is 42.8 Å². The summed E-state index contributed by atoms with van der Waals surface area (Å²) in [5.41, 5.74) is 2.01. The van der Waals surface area contributed by atoms with E-state index in [0.717, 1.165) is 35.7 Å². The molecule has 0 fully saturated rings. The highest BCUT2D eigenvalue weighted by Crippen LogP contribution is 2.25. The molecule has 5 heterocycles. The Morgan fingerprint density at radius 1 is 0.725 bits per heavy atom. The number of imidazole rings is 4. The third-order valence-corrected chi connectivity index (χ3v) is 10.8. The van der Waals surface area contributed by atoms with Crippen LogP contribution in [0.4, 0.5) is 11.1 Å². The fourth-order valence-corrected chi connectivity index (χ4v) is 7.25. The topological polar surface area (TPSA) is 197 Å². The van der Waals surface area contributed by atoms with Gasteiger partial charge in [-0.3, -0.25) is 0 Å². The number of ether oxygens (including phenoxy) is 2. The van der Waals surface area contributed by atoms with Crippen LogP contribution in [0.25, 0.3) is 0 Å². The third-order valence-electron chi connectivity index (χ3n) is 6.75. The van der Waals surface area contributed by atoms with Gasteiger partial charge in [0, 0.05) is 67.7 Å². The van der Waals surface area contributed by atoms with Gasteiger partial charge in [0.1, 0.15) is 30.5 Å². The molecule has 20 heteroatoms. The molecule has 0 atom stereocenters. The van der Waals surface area contributed by atoms with Crippen LogP contribution >= 0.6 is 11.3 Å². The van der Waals surface area contributed by atoms with Crippen LogP contribution in [0.15, 0.2) is 129 Å². The second kappa shape index (κ2) is 17.1. The average Bonchev–Trinajstić information content (AvgIpc) is 4.01. The Bertz CT molecular complexity index is 2170. The molecular weight excluding hydrogens is 719 g/mol. The highest BCUT2D eigenvalue weighted by Gasteiger charge is 2.26. The molecule has 7 rings (SSSR count). The van der Waals surface area contributed by atoms with Crippen LogP contribution in [-0.2, 0) is 33.5 Å². The van der Waals surface area contributed by atoms with Crippen LogP contribution in [0.2, 0.25) is 0 Å². The molecule has 266 valence electrons. The Hall–Kier alpha value is -5.99. The second-order valence-corrected chi connectivity index (χ2v) is 14.4. The van der Waals surface area contributed by atoms with Crippen molar-refractivity contribution in [2.24, 2.45) is 0 Å². The van der Waals surface area contributed by atoms with Gasteiger partial charge in [0.2, 0.25) is 5.13 Å². The number of benzene rings is 2. The van der Waals surface area contributed by atoms with E-state index in [9.17, 15) is 16.8 Å². The second-order valence-electron chi connectivity index (χ2n) is 10.0. The maximum Gasteiger partial charge on any atom is 0.335 e. The highest BCUT2D eigenvalue weighted by molar-refractivity contribution is 7.91. The van der Waals surface area contributed by atoms with E-state index in [1.807, 2.05) is 36.4 Å². The first-order valence-electron chi connectivity index (χ1n) is 14.8. The number of hydrogen-bond acceptors (Lipinski definition) is 13. The average molecular weight is 752 g/mol. The van der Waals surface area contributed by atoms with E-state index in [2.05, 4.69) is 35.2 Å². The molecule has 0 aliphatic heterocycles. The zero-order valence-corrected chi connectivity index (χ0v) is 29.7. The van der Waals surface area contributed by atoms with Crippen LogP contribution in [0, 0.1) is 0 Å². The number of aromatic nitrogens is 9. The first-order chi connectivity index (χ1) is 24.7. The Morgan fingerprint density at radius 2 is 1.27 bits per heavy atom. The number of nitrogens with one attached hydrogen (secondary N) is 2. The molecule has 2 N–H and O–H groups in total. The fourth-order valence-electron chi connectivity index (χ4n) is 4.15. The van der Waals surface area contributed by atoms with Crippen molar-refractivity contribution in [3.8, 4) is 11.5 Å². The lowest BCUT2D eigenvalue weighted by Crippen LogP contribution is -2.34. The molecule has 17 nitrogen and oxygen atoms in total. The Labute approximate surface area is 298 Å². The van der Waals surface area contributed by atoms with Gasteiger partial charge in [-0.25, -0.2) is 41.1 Å². The van der Waals surface area contributed by atoms with Gasteiger partial charge in [0.25, 0.3) is 0 Å². The molecule has 7 aromatic rings. The van der Waals surface area contributed by atoms with Crippen molar-refractivity contribution in [1.29, 1.82) is 0 Å². The predicted octanol–water partition coefficient (Wildman–Crippen LogP) is 3.90. The summed E-state index contributed by atoms with van der Waals surface area (Å²) in [6, 6.07) is 15.2. The molecule has 0 aliphatic carbocycles. The molecule has 0 saturated heterocycles. The molecule has 0 amide bonds. The largest absolute Gasteiger partial charge is 0.497 e. The number of nitrogens with zero attached hydrogens (tertiary/aromatic N) is 9. The Morgan fingerprint density at radius 3 is 1.73 bits per heavy atom. The van der Waals surface area contributed by atoms with Gasteiger partial charge in [0.05, 0.1) is 20.8 Å². The molecule has 5 aromatic heterocycles. The standard InChI is InChI=1S/C14H14N4O3S2.C11H13N3O.C6H6N4O2S/c1-21-13-4-2-12(3-5-13)10-18(14-16-7-9-22-14)23(19,20)17-8-6-15-11-17;1-15-10-4-2-9(3-5-10)8-14-11-12-6-7-13-11;11-13(12,9-3-1-7-5-9)10-4-2-8-6-10/h2-9,11H,10H2,1H3;2-7H,8H2,1H3,(H2,12,13,14);1-6H. The van der Waals surface area contributed by atoms with E-state index in [4.69, 9.17) is 9.47 Å². The maximum absolute atomic E-state index is 12.8. The van der Waals surface area contributed by atoms with Crippen molar-refractivity contribution in [3.05, 3.63) is 140 Å². The zero-order valence-electron chi connectivity index (χ0n) is 27.2. The quantitative estimate of drug-likeness (QED) is 0.183. The van der Waals surface area contributed by atoms with Crippen molar-refractivity contribution in [2.45, 2.75) is 13.1 Å². The number of methoxy groups -OCH3 is 2. The van der Waals surface area contributed by atoms with Crippen molar-refractivity contribution < 1.29 is 26.3 Å². The summed E-state index contributed by atoms with van der Waals surface area (Å²) in [5.74, 6) is 2.37. The lowest BCUT2D eigenvalue weighted by atomic mass is 10.2. The molecule has 0 bridgehead atoms. The molecule has 51 heavy (non-hydrogen) atoms. The van der Waals surface area contributed by atoms with Gasteiger partial charge in [-0.05, 0) is 35.4 Å². The number of anilines is 2. The monoisotopic (exact) mass is 751 g/mol. The van der Waals surface area contributed by atoms with E-state index >= 15 is 0 Å². The molecule has 0 spiro atoms. The van der Waals surface area contributed by atoms with Gasteiger partial charge in [-0.1, -0.05) is 24.3 Å². The van der Waals surface area contributed by atoms with E-state index in [-0.39, 0.29) is 6.54 Å². The minimum Gasteiger partial charge on any atom is -0.497 e. The molecule has 2 aromatic carbocycles. The SMILES string of the molecule is COc1ccc(CN(c2nccs2)S(=O)(=O)n2ccnc2)cc1.COc1ccc(CNc2ncc[nH]2)cc1.O=S(=O)(n1ccnc1)n1ccnc1. The van der Waals surface area contributed by atoms with Gasteiger partial charge in [0.15, 0.2) is 5.95 Å². The summed E-state index contributed by atoms with van der Waals surface area (Å²) < 4.78 is 63.4. The summed E-state index contributed by atoms with van der Waals surface area (Å²) in [6.07, 6.45) is 17.1.